The van der Waals surface area contributed by atoms with Crippen LogP contribution in [0.4, 0.5) is 0 Å². The van der Waals surface area contributed by atoms with Crippen molar-refractivity contribution in [1.29, 1.82) is 0 Å². The molecule has 3 aromatic rings. The van der Waals surface area contributed by atoms with Crippen LogP contribution in [0.2, 0.25) is 0 Å². The molecule has 0 aliphatic heterocycles. The Morgan fingerprint density at radius 2 is 2.11 bits per heavy atom. The summed E-state index contributed by atoms with van der Waals surface area (Å²) in [5.74, 6) is 1.39. The predicted octanol–water partition coefficient (Wildman–Crippen LogP) is 3.17. The molecule has 0 radical (unpaired) electrons. The zero-order valence-corrected chi connectivity index (χ0v) is 12.9. The third kappa shape index (κ3) is 1.65. The predicted molar refractivity (Wildman–Crippen MR) is 81.3 cm³/mol. The Kier molecular flexibility index (Phi) is 2.91. The van der Waals surface area contributed by atoms with Crippen molar-refractivity contribution in [1.82, 2.24) is 14.0 Å². The molecule has 0 amide bonds. The van der Waals surface area contributed by atoms with E-state index in [9.17, 15) is 0 Å². The quantitative estimate of drug-likeness (QED) is 0.788. The van der Waals surface area contributed by atoms with Gasteiger partial charge in [0.2, 0.25) is 5.78 Å². The van der Waals surface area contributed by atoms with Crippen molar-refractivity contribution in [3.63, 3.8) is 0 Å². The molecular weight excluding hydrogens is 304 g/mol. The van der Waals surface area contributed by atoms with Crippen LogP contribution in [-0.4, -0.2) is 14.0 Å². The van der Waals surface area contributed by atoms with Crippen molar-refractivity contribution in [2.24, 2.45) is 12.8 Å². The van der Waals surface area contributed by atoms with Crippen LogP contribution in [0.1, 0.15) is 31.0 Å². The van der Waals surface area contributed by atoms with Crippen molar-refractivity contribution < 1.29 is 0 Å². The Hall–Kier alpha value is -1.33. The first kappa shape index (κ1) is 12.7. The summed E-state index contributed by atoms with van der Waals surface area (Å²) >= 11 is 3.65. The van der Waals surface area contributed by atoms with Gasteiger partial charge in [0, 0.05) is 13.6 Å². The van der Waals surface area contributed by atoms with Gasteiger partial charge in [-0.1, -0.05) is 26.0 Å². The number of fused-ring (bicyclic) bond motifs is 3. The average molecular weight is 321 g/mol. The zero-order chi connectivity index (χ0) is 13.7. The number of para-hydroxylation sites is 1. The van der Waals surface area contributed by atoms with Gasteiger partial charge in [0.15, 0.2) is 0 Å². The molecule has 0 aliphatic rings. The lowest BCUT2D eigenvalue weighted by Gasteiger charge is -2.06. The Balaban J connectivity index is 2.48. The number of aryl methyl sites for hydroxylation is 1. The molecule has 0 unspecified atom stereocenters. The summed E-state index contributed by atoms with van der Waals surface area (Å²) in [6.07, 6.45) is 0. The first-order valence-electron chi connectivity index (χ1n) is 6.40. The lowest BCUT2D eigenvalue weighted by molar-refractivity contribution is 0.834. The molecule has 100 valence electrons. The Morgan fingerprint density at radius 1 is 1.37 bits per heavy atom. The first-order valence-corrected chi connectivity index (χ1v) is 7.19. The first-order chi connectivity index (χ1) is 9.06. The minimum Gasteiger partial charge on any atom is -0.325 e. The van der Waals surface area contributed by atoms with Gasteiger partial charge in [-0.25, -0.2) is 4.98 Å². The molecule has 0 aliphatic carbocycles. The molecule has 3 rings (SSSR count). The summed E-state index contributed by atoms with van der Waals surface area (Å²) in [6.45, 7) is 4.88. The number of imidazole rings is 2. The van der Waals surface area contributed by atoms with E-state index in [1.807, 2.05) is 11.6 Å². The van der Waals surface area contributed by atoms with E-state index >= 15 is 0 Å². The van der Waals surface area contributed by atoms with Gasteiger partial charge in [-0.15, -0.1) is 0 Å². The molecule has 2 aromatic heterocycles. The minimum absolute atomic E-state index is 0.460. The number of nitrogens with two attached hydrogens (primary N) is 1. The third-order valence-electron chi connectivity index (χ3n) is 3.65. The highest BCUT2D eigenvalue weighted by molar-refractivity contribution is 9.10. The van der Waals surface area contributed by atoms with Crippen molar-refractivity contribution >= 4 is 32.7 Å². The van der Waals surface area contributed by atoms with Crippen LogP contribution in [0.5, 0.6) is 0 Å². The number of hydrogen-bond donors (Lipinski definition) is 1. The highest BCUT2D eigenvalue weighted by Gasteiger charge is 2.18. The fraction of sp³-hybridized carbons (Fsp3) is 0.357. The summed E-state index contributed by atoms with van der Waals surface area (Å²) in [5, 5.41) is 0. The molecule has 0 spiro atoms. The minimum atomic E-state index is 0.460. The van der Waals surface area contributed by atoms with Gasteiger partial charge in [-0.05, 0) is 33.5 Å². The topological polar surface area (TPSA) is 48.2 Å². The molecule has 2 N–H and O–H groups in total. The normalized spacial score (nSPS) is 12.1. The lowest BCUT2D eigenvalue weighted by Crippen LogP contribution is -2.04. The van der Waals surface area contributed by atoms with Crippen molar-refractivity contribution in [3.8, 4) is 0 Å². The van der Waals surface area contributed by atoms with Crippen LogP contribution in [-0.2, 0) is 13.6 Å². The highest BCUT2D eigenvalue weighted by Crippen LogP contribution is 2.30. The fourth-order valence-electron chi connectivity index (χ4n) is 2.60. The standard InChI is InChI=1S/C14H17BrN4/c1-8(2)9-5-4-6-10-12(9)17-14-18(3)11(7-16)13(15)19(10)14/h4-6,8H,7,16H2,1-3H3. The van der Waals surface area contributed by atoms with E-state index in [-0.39, 0.29) is 0 Å². The van der Waals surface area contributed by atoms with Crippen molar-refractivity contribution in [3.05, 3.63) is 34.1 Å². The molecular formula is C14H17BrN4. The maximum Gasteiger partial charge on any atom is 0.215 e. The third-order valence-corrected chi connectivity index (χ3v) is 4.47. The number of aromatic nitrogens is 3. The molecule has 2 heterocycles. The fourth-order valence-corrected chi connectivity index (χ4v) is 3.38. The molecule has 0 saturated carbocycles. The van der Waals surface area contributed by atoms with Gasteiger partial charge in [-0.3, -0.25) is 4.40 Å². The lowest BCUT2D eigenvalue weighted by atomic mass is 10.0. The summed E-state index contributed by atoms with van der Waals surface area (Å²) < 4.78 is 5.17. The summed E-state index contributed by atoms with van der Waals surface area (Å²) in [4.78, 5) is 4.81. The molecule has 5 heteroatoms. The summed E-state index contributed by atoms with van der Waals surface area (Å²) in [5.41, 5.74) is 10.3. The summed E-state index contributed by atoms with van der Waals surface area (Å²) in [7, 11) is 2.00. The van der Waals surface area contributed by atoms with Gasteiger partial charge in [0.05, 0.1) is 16.7 Å². The Bertz CT molecular complexity index is 767. The van der Waals surface area contributed by atoms with E-state index in [4.69, 9.17) is 10.7 Å². The SMILES string of the molecule is CC(C)c1cccc2c1nc1n(C)c(CN)c(Br)n21. The summed E-state index contributed by atoms with van der Waals surface area (Å²) in [6, 6.07) is 6.34. The van der Waals surface area contributed by atoms with Crippen molar-refractivity contribution in [2.45, 2.75) is 26.3 Å². The number of rotatable bonds is 2. The van der Waals surface area contributed by atoms with Gasteiger partial charge in [0.25, 0.3) is 0 Å². The smallest absolute Gasteiger partial charge is 0.215 e. The van der Waals surface area contributed by atoms with Gasteiger partial charge in [-0.2, -0.15) is 0 Å². The Morgan fingerprint density at radius 3 is 2.74 bits per heavy atom. The van der Waals surface area contributed by atoms with E-state index in [1.165, 1.54) is 5.56 Å². The van der Waals surface area contributed by atoms with Crippen molar-refractivity contribution in [2.75, 3.05) is 0 Å². The molecule has 4 nitrogen and oxygen atoms in total. The van der Waals surface area contributed by atoms with Crippen LogP contribution in [0.3, 0.4) is 0 Å². The molecule has 0 fully saturated rings. The Labute approximate surface area is 120 Å². The largest absolute Gasteiger partial charge is 0.325 e. The maximum atomic E-state index is 5.80. The average Bonchev–Trinajstić information content (AvgIpc) is 2.86. The number of halogens is 1. The second-order valence-corrected chi connectivity index (χ2v) is 5.87. The van der Waals surface area contributed by atoms with E-state index in [1.54, 1.807) is 0 Å². The van der Waals surface area contributed by atoms with Crippen LogP contribution in [0, 0.1) is 0 Å². The molecule has 0 atom stereocenters. The molecule has 0 saturated heterocycles. The number of benzene rings is 1. The van der Waals surface area contributed by atoms with Crippen LogP contribution < -0.4 is 5.73 Å². The second-order valence-electron chi connectivity index (χ2n) is 5.12. The zero-order valence-electron chi connectivity index (χ0n) is 11.3. The van der Waals surface area contributed by atoms with Crippen LogP contribution in [0.15, 0.2) is 22.8 Å². The number of hydrogen-bond acceptors (Lipinski definition) is 2. The van der Waals surface area contributed by atoms with Crippen LogP contribution in [0.25, 0.3) is 16.8 Å². The van der Waals surface area contributed by atoms with Gasteiger partial charge < -0.3 is 10.3 Å². The molecule has 19 heavy (non-hydrogen) atoms. The monoisotopic (exact) mass is 320 g/mol. The second kappa shape index (κ2) is 4.35. The van der Waals surface area contributed by atoms with Gasteiger partial charge >= 0.3 is 0 Å². The molecule has 1 aromatic carbocycles. The van der Waals surface area contributed by atoms with E-state index in [0.717, 1.165) is 27.1 Å². The van der Waals surface area contributed by atoms with Crippen LogP contribution >= 0.6 is 15.9 Å². The van der Waals surface area contributed by atoms with Gasteiger partial charge in [0.1, 0.15) is 4.60 Å². The molecule has 0 bridgehead atoms. The van der Waals surface area contributed by atoms with E-state index < -0.39 is 0 Å². The highest BCUT2D eigenvalue weighted by atomic mass is 79.9. The maximum absolute atomic E-state index is 5.80. The van der Waals surface area contributed by atoms with E-state index in [0.29, 0.717) is 12.5 Å². The van der Waals surface area contributed by atoms with E-state index in [2.05, 4.69) is 52.4 Å². The number of nitrogens with zero attached hydrogens (tertiary/aromatic N) is 3.